The number of carbonyl (C=O) groups excluding carboxylic acids is 2. The number of aliphatic hydroxyl groups is 1. The summed E-state index contributed by atoms with van der Waals surface area (Å²) in [6.07, 6.45) is 3.40. The number of likely N-dealkylation sites (tertiary alicyclic amines) is 1. The largest absolute Gasteiger partial charge is 0.504 e. The summed E-state index contributed by atoms with van der Waals surface area (Å²) in [5.74, 6) is -1.32. The van der Waals surface area contributed by atoms with Crippen LogP contribution >= 0.6 is 0 Å². The molecule has 1 saturated heterocycles. The van der Waals surface area contributed by atoms with Gasteiger partial charge in [0.2, 0.25) is 5.91 Å². The van der Waals surface area contributed by atoms with Gasteiger partial charge in [-0.2, -0.15) is 0 Å². The Balaban J connectivity index is 1.27. The second-order valence-electron chi connectivity index (χ2n) is 11.7. The zero-order valence-corrected chi connectivity index (χ0v) is 21.8. The van der Waals surface area contributed by atoms with Crippen molar-refractivity contribution in [3.8, 4) is 11.5 Å². The standard InChI is InChI=1S/C28H30N2O7S/c1-38(35,36)18-7-5-17(6-8-18)29-26(33)19-13-28(34)21-12-16-4-9-20(31)24-22(16)27(28,25(37-24)23(19)32)10-11-30(21)14-15-2-3-15/h4-9,15,19,21,25,31,34H,2-3,10-14H2,1H3,(H,29,33)/t19?,21-,25+,27+,28-/m1/s1. The quantitative estimate of drug-likeness (QED) is 0.491. The number of phenols is 1. The molecule has 5 atom stereocenters. The summed E-state index contributed by atoms with van der Waals surface area (Å²) in [6, 6.07) is 8.95. The van der Waals surface area contributed by atoms with Crippen LogP contribution in [0.3, 0.4) is 0 Å². The number of hydrogen-bond donors (Lipinski definition) is 3. The number of Topliss-reactive ketones (excluding diaryl/α,β-unsaturated/α-hetero) is 1. The molecule has 0 aromatic heterocycles. The molecule has 2 aromatic rings. The number of anilines is 1. The lowest BCUT2D eigenvalue weighted by Gasteiger charge is -2.63. The van der Waals surface area contributed by atoms with Gasteiger partial charge in [0.25, 0.3) is 0 Å². The number of nitrogens with one attached hydrogen (secondary N) is 1. The Morgan fingerprint density at radius 2 is 1.92 bits per heavy atom. The first kappa shape index (κ1) is 24.1. The van der Waals surface area contributed by atoms with E-state index in [9.17, 15) is 28.2 Å². The van der Waals surface area contributed by atoms with Crippen LogP contribution in [0, 0.1) is 11.8 Å². The molecular formula is C28H30N2O7S. The van der Waals surface area contributed by atoms with Crippen molar-refractivity contribution >= 4 is 27.2 Å². The first-order valence-electron chi connectivity index (χ1n) is 13.2. The fourth-order valence-electron chi connectivity index (χ4n) is 7.54. The van der Waals surface area contributed by atoms with E-state index in [-0.39, 0.29) is 28.9 Å². The van der Waals surface area contributed by atoms with E-state index in [1.807, 2.05) is 6.07 Å². The summed E-state index contributed by atoms with van der Waals surface area (Å²) in [5.41, 5.74) is -0.331. The lowest BCUT2D eigenvalue weighted by molar-refractivity contribution is -0.197. The minimum atomic E-state index is -3.39. The highest BCUT2D eigenvalue weighted by molar-refractivity contribution is 7.90. The average Bonchev–Trinajstić information content (AvgIpc) is 3.60. The summed E-state index contributed by atoms with van der Waals surface area (Å²) in [7, 11) is -3.39. The number of piperidine rings is 1. The molecule has 2 saturated carbocycles. The van der Waals surface area contributed by atoms with Gasteiger partial charge in [-0.05, 0) is 80.5 Å². The van der Waals surface area contributed by atoms with Crippen LogP contribution in [0.4, 0.5) is 5.69 Å². The first-order valence-corrected chi connectivity index (χ1v) is 15.1. The molecule has 200 valence electrons. The smallest absolute Gasteiger partial charge is 0.235 e. The number of carbonyl (C=O) groups is 2. The second-order valence-corrected chi connectivity index (χ2v) is 13.7. The maximum absolute atomic E-state index is 13.9. The number of ketones is 1. The van der Waals surface area contributed by atoms with Crippen molar-refractivity contribution in [1.82, 2.24) is 4.90 Å². The Hall–Kier alpha value is -2.95. The van der Waals surface area contributed by atoms with Gasteiger partial charge in [-0.1, -0.05) is 6.07 Å². The van der Waals surface area contributed by atoms with Crippen molar-refractivity contribution in [2.24, 2.45) is 11.8 Å². The minimum absolute atomic E-state index is 0.0423. The normalized spacial score (nSPS) is 33.4. The SMILES string of the molecule is CS(=O)(=O)c1ccc(NC(=O)C2C[C@@]3(O)[C@H]4Cc5ccc(O)c6c5[C@@]3(CCN4CC3CC3)[C@@H](O6)C2=O)cc1. The maximum atomic E-state index is 13.9. The van der Waals surface area contributed by atoms with Crippen LogP contribution in [0.15, 0.2) is 41.3 Å². The molecule has 3 N–H and O–H groups in total. The Morgan fingerprint density at radius 1 is 1.18 bits per heavy atom. The molecule has 3 aliphatic carbocycles. The highest BCUT2D eigenvalue weighted by Gasteiger charge is 2.75. The average molecular weight is 539 g/mol. The topological polar surface area (TPSA) is 133 Å². The molecule has 2 bridgehead atoms. The molecule has 5 aliphatic rings. The number of phenolic OH excluding ortho intramolecular Hbond substituents is 1. The van der Waals surface area contributed by atoms with Crippen LogP contribution < -0.4 is 10.1 Å². The Kier molecular flexibility index (Phi) is 4.95. The van der Waals surface area contributed by atoms with E-state index in [0.29, 0.717) is 31.0 Å². The molecule has 0 radical (unpaired) electrons. The first-order chi connectivity index (χ1) is 18.0. The highest BCUT2D eigenvalue weighted by Crippen LogP contribution is 2.65. The summed E-state index contributed by atoms with van der Waals surface area (Å²) < 4.78 is 29.7. The minimum Gasteiger partial charge on any atom is -0.504 e. The lowest BCUT2D eigenvalue weighted by atomic mass is 9.47. The van der Waals surface area contributed by atoms with E-state index in [1.54, 1.807) is 6.07 Å². The van der Waals surface area contributed by atoms with E-state index in [4.69, 9.17) is 4.74 Å². The molecule has 7 rings (SSSR count). The van der Waals surface area contributed by atoms with Crippen LogP contribution in [0.1, 0.15) is 36.8 Å². The number of hydrogen-bond acceptors (Lipinski definition) is 8. The number of amides is 1. The number of sulfone groups is 1. The zero-order valence-electron chi connectivity index (χ0n) is 21.0. The van der Waals surface area contributed by atoms with E-state index in [2.05, 4.69) is 10.2 Å². The van der Waals surface area contributed by atoms with E-state index in [1.165, 1.54) is 37.1 Å². The Morgan fingerprint density at radius 3 is 2.61 bits per heavy atom. The van der Waals surface area contributed by atoms with Crippen LogP contribution in [-0.2, 0) is 31.3 Å². The number of rotatable bonds is 5. The monoisotopic (exact) mass is 538 g/mol. The molecule has 10 heteroatoms. The van der Waals surface area contributed by atoms with Crippen molar-refractivity contribution in [1.29, 1.82) is 0 Å². The lowest BCUT2D eigenvalue weighted by Crippen LogP contribution is -2.78. The van der Waals surface area contributed by atoms with Crippen LogP contribution in [0.25, 0.3) is 0 Å². The van der Waals surface area contributed by atoms with Gasteiger partial charge in [0.15, 0.2) is 33.2 Å². The Bertz CT molecular complexity index is 1490. The van der Waals surface area contributed by atoms with Gasteiger partial charge in [-0.25, -0.2) is 8.42 Å². The molecule has 2 heterocycles. The van der Waals surface area contributed by atoms with Gasteiger partial charge in [0.05, 0.1) is 15.9 Å². The molecule has 38 heavy (non-hydrogen) atoms. The van der Waals surface area contributed by atoms with Crippen molar-refractivity contribution in [3.05, 3.63) is 47.5 Å². The van der Waals surface area contributed by atoms with Gasteiger partial charge in [-0.15, -0.1) is 0 Å². The molecule has 1 amide bonds. The number of nitrogens with zero attached hydrogens (tertiary/aromatic N) is 1. The van der Waals surface area contributed by atoms with Gasteiger partial charge >= 0.3 is 0 Å². The second kappa shape index (κ2) is 7.80. The fourth-order valence-corrected chi connectivity index (χ4v) is 8.17. The summed E-state index contributed by atoms with van der Waals surface area (Å²) in [4.78, 5) is 29.9. The van der Waals surface area contributed by atoms with Crippen molar-refractivity contribution in [3.63, 3.8) is 0 Å². The molecule has 1 unspecified atom stereocenters. The van der Waals surface area contributed by atoms with Gasteiger partial charge in [0.1, 0.15) is 5.92 Å². The highest BCUT2D eigenvalue weighted by atomic mass is 32.2. The zero-order chi connectivity index (χ0) is 26.6. The van der Waals surface area contributed by atoms with Crippen LogP contribution in [0.5, 0.6) is 11.5 Å². The summed E-state index contributed by atoms with van der Waals surface area (Å²) in [5, 5.41) is 26.0. The number of benzene rings is 2. The van der Waals surface area contributed by atoms with E-state index < -0.39 is 44.6 Å². The summed E-state index contributed by atoms with van der Waals surface area (Å²) in [6.45, 7) is 1.60. The van der Waals surface area contributed by atoms with Crippen molar-refractivity contribution in [2.75, 3.05) is 24.7 Å². The Labute approximate surface area is 220 Å². The van der Waals surface area contributed by atoms with Crippen molar-refractivity contribution < 1.29 is 33.0 Å². The molecule has 3 fully saturated rings. The molecule has 2 aromatic carbocycles. The molecular weight excluding hydrogens is 508 g/mol. The number of ether oxygens (including phenoxy) is 1. The van der Waals surface area contributed by atoms with Crippen LogP contribution in [-0.4, -0.2) is 72.3 Å². The van der Waals surface area contributed by atoms with Crippen molar-refractivity contribution in [2.45, 2.75) is 60.2 Å². The van der Waals surface area contributed by atoms with Gasteiger partial charge < -0.3 is 20.3 Å². The third-order valence-corrected chi connectivity index (χ3v) is 10.6. The third-order valence-electron chi connectivity index (χ3n) is 9.50. The maximum Gasteiger partial charge on any atom is 0.235 e. The fraction of sp³-hybridized carbons (Fsp3) is 0.500. The molecule has 2 aliphatic heterocycles. The molecule has 1 spiro atoms. The third kappa shape index (κ3) is 3.20. The predicted octanol–water partition coefficient (Wildman–Crippen LogP) is 1.79. The predicted molar refractivity (Wildman–Crippen MR) is 137 cm³/mol. The van der Waals surface area contributed by atoms with Crippen LogP contribution in [0.2, 0.25) is 0 Å². The molecule has 9 nitrogen and oxygen atoms in total. The number of aromatic hydroxyl groups is 1. The van der Waals surface area contributed by atoms with E-state index >= 15 is 0 Å². The van der Waals surface area contributed by atoms with E-state index in [0.717, 1.165) is 23.9 Å². The van der Waals surface area contributed by atoms with Gasteiger partial charge in [0, 0.05) is 30.1 Å². The van der Waals surface area contributed by atoms with Gasteiger partial charge in [-0.3, -0.25) is 14.5 Å². The summed E-state index contributed by atoms with van der Waals surface area (Å²) >= 11 is 0.